The molecule has 1 fully saturated rings. The number of amides is 1. The zero-order valence-electron chi connectivity index (χ0n) is 16.8. The Balaban J connectivity index is 1.62. The Bertz CT molecular complexity index is 849. The molecule has 1 amide bonds. The highest BCUT2D eigenvalue weighted by Gasteiger charge is 2.30. The summed E-state index contributed by atoms with van der Waals surface area (Å²) in [5, 5.41) is 9.27. The van der Waals surface area contributed by atoms with E-state index in [1.165, 1.54) is 13.8 Å². The maximum atomic E-state index is 12.5. The Hall–Kier alpha value is -3.02. The van der Waals surface area contributed by atoms with Gasteiger partial charge < -0.3 is 19.5 Å². The average Bonchev–Trinajstić information content (AvgIpc) is 2.72. The van der Waals surface area contributed by atoms with Crippen LogP contribution in [0.3, 0.4) is 0 Å². The van der Waals surface area contributed by atoms with Gasteiger partial charge in [-0.2, -0.15) is 0 Å². The highest BCUT2D eigenvalue weighted by Crippen LogP contribution is 2.30. The Morgan fingerprint density at radius 2 is 1.90 bits per heavy atom. The lowest BCUT2D eigenvalue weighted by molar-refractivity contribution is -0.152. The van der Waals surface area contributed by atoms with E-state index in [1.54, 1.807) is 11.0 Å². The molecule has 1 heterocycles. The molecule has 0 aromatic heterocycles. The number of nitrogens with zero attached hydrogens (tertiary/aromatic N) is 1. The van der Waals surface area contributed by atoms with Gasteiger partial charge in [-0.25, -0.2) is 9.59 Å². The number of carboxylic acid groups (broad SMARTS) is 1. The maximum Gasteiger partial charge on any atom is 0.410 e. The van der Waals surface area contributed by atoms with Crippen molar-refractivity contribution in [1.29, 1.82) is 0 Å². The molecule has 3 rings (SSSR count). The van der Waals surface area contributed by atoms with E-state index in [0.717, 1.165) is 24.0 Å². The number of ether oxygens (including phenoxy) is 2. The quantitative estimate of drug-likeness (QED) is 0.780. The Morgan fingerprint density at radius 1 is 1.14 bits per heavy atom. The summed E-state index contributed by atoms with van der Waals surface area (Å²) >= 11 is 0. The number of hydrogen-bond acceptors (Lipinski definition) is 4. The van der Waals surface area contributed by atoms with Crippen molar-refractivity contribution in [2.45, 2.75) is 44.8 Å². The summed E-state index contributed by atoms with van der Waals surface area (Å²) < 4.78 is 11.1. The van der Waals surface area contributed by atoms with Crippen molar-refractivity contribution < 1.29 is 24.2 Å². The summed E-state index contributed by atoms with van der Waals surface area (Å²) in [5.41, 5.74) is 0.683. The number of carbonyl (C=O) groups excluding carboxylic acids is 1. The number of aliphatic carboxylic acids is 1. The van der Waals surface area contributed by atoms with Crippen LogP contribution in [0.1, 0.15) is 43.7 Å². The number of hydrogen-bond donors (Lipinski definition) is 1. The molecule has 0 radical (unpaired) electrons. The topological polar surface area (TPSA) is 76.1 Å². The van der Waals surface area contributed by atoms with Crippen molar-refractivity contribution in [2.24, 2.45) is 0 Å². The second-order valence-electron chi connectivity index (χ2n) is 7.82. The molecule has 1 saturated heterocycles. The fraction of sp³-hybridized carbons (Fsp3) is 0.391. The number of likely N-dealkylation sites (tertiary alicyclic amines) is 1. The molecule has 0 aliphatic carbocycles. The predicted octanol–water partition coefficient (Wildman–Crippen LogP) is 4.44. The van der Waals surface area contributed by atoms with Crippen molar-refractivity contribution in [3.63, 3.8) is 0 Å². The second-order valence-corrected chi connectivity index (χ2v) is 7.82. The summed E-state index contributed by atoms with van der Waals surface area (Å²) in [6, 6.07) is 17.1. The minimum atomic E-state index is -1.31. The van der Waals surface area contributed by atoms with Gasteiger partial charge in [-0.1, -0.05) is 42.5 Å². The lowest BCUT2D eigenvalue weighted by atomic mass is 9.90. The van der Waals surface area contributed by atoms with Gasteiger partial charge in [0.2, 0.25) is 0 Å². The van der Waals surface area contributed by atoms with Gasteiger partial charge in [0, 0.05) is 19.0 Å². The van der Waals surface area contributed by atoms with E-state index in [2.05, 4.69) is 0 Å². The third-order valence-corrected chi connectivity index (χ3v) is 5.10. The summed E-state index contributed by atoms with van der Waals surface area (Å²) in [7, 11) is 0. The van der Waals surface area contributed by atoms with E-state index in [0.29, 0.717) is 18.8 Å². The van der Waals surface area contributed by atoms with Crippen LogP contribution in [0.4, 0.5) is 4.79 Å². The number of rotatable bonds is 6. The minimum absolute atomic E-state index is 0.157. The molecule has 0 bridgehead atoms. The zero-order chi connectivity index (χ0) is 20.9. The first-order valence-electron chi connectivity index (χ1n) is 9.83. The monoisotopic (exact) mass is 397 g/mol. The molecule has 0 spiro atoms. The van der Waals surface area contributed by atoms with Gasteiger partial charge in [0.05, 0.1) is 0 Å². The van der Waals surface area contributed by atoms with Crippen LogP contribution in [0.5, 0.6) is 5.75 Å². The third-order valence-electron chi connectivity index (χ3n) is 5.10. The Kier molecular flexibility index (Phi) is 6.42. The molecule has 2 aromatic rings. The molecule has 1 N–H and O–H groups in total. The van der Waals surface area contributed by atoms with Gasteiger partial charge in [-0.3, -0.25) is 0 Å². The van der Waals surface area contributed by atoms with Gasteiger partial charge >= 0.3 is 12.1 Å². The molecule has 6 nitrogen and oxygen atoms in total. The summed E-state index contributed by atoms with van der Waals surface area (Å²) in [4.78, 5) is 25.5. The molecule has 1 aliphatic rings. The van der Waals surface area contributed by atoms with Crippen LogP contribution in [0.25, 0.3) is 0 Å². The molecule has 154 valence electrons. The third kappa shape index (κ3) is 5.50. The van der Waals surface area contributed by atoms with Gasteiger partial charge in [0.15, 0.2) is 5.60 Å². The molecule has 0 saturated carbocycles. The van der Waals surface area contributed by atoms with Gasteiger partial charge in [0.1, 0.15) is 12.4 Å². The van der Waals surface area contributed by atoms with Crippen LogP contribution in [-0.4, -0.2) is 40.8 Å². The maximum absolute atomic E-state index is 12.5. The average molecular weight is 397 g/mol. The van der Waals surface area contributed by atoms with Crippen molar-refractivity contribution >= 4 is 12.1 Å². The van der Waals surface area contributed by atoms with Gasteiger partial charge in [-0.15, -0.1) is 0 Å². The molecule has 1 atom stereocenters. The molecular formula is C23H27NO5. The van der Waals surface area contributed by atoms with Gasteiger partial charge in [-0.05, 0) is 49.9 Å². The predicted molar refractivity (Wildman–Crippen MR) is 109 cm³/mol. The van der Waals surface area contributed by atoms with Crippen molar-refractivity contribution in [1.82, 2.24) is 4.90 Å². The molecule has 6 heteroatoms. The van der Waals surface area contributed by atoms with E-state index in [1.807, 2.05) is 48.5 Å². The number of carboxylic acids is 1. The highest BCUT2D eigenvalue weighted by molar-refractivity contribution is 5.76. The molecule has 0 unspecified atom stereocenters. The molecule has 29 heavy (non-hydrogen) atoms. The summed E-state index contributed by atoms with van der Waals surface area (Å²) in [5.74, 6) is -0.351. The van der Waals surface area contributed by atoms with Crippen molar-refractivity contribution in [2.75, 3.05) is 13.1 Å². The first-order valence-corrected chi connectivity index (χ1v) is 9.83. The lowest BCUT2D eigenvalue weighted by Crippen LogP contribution is -2.39. The molecule has 1 aliphatic heterocycles. The first kappa shape index (κ1) is 20.7. The molecule has 2 aromatic carbocycles. The fourth-order valence-electron chi connectivity index (χ4n) is 3.40. The van der Waals surface area contributed by atoms with Crippen LogP contribution in [0.2, 0.25) is 0 Å². The Labute approximate surface area is 171 Å². The minimum Gasteiger partial charge on any atom is -0.478 e. The SMILES string of the molecule is CC(C)(Oc1cccc([C@@H]2CCCN(C(=O)OCc3ccccc3)C2)c1)C(=O)O. The second kappa shape index (κ2) is 8.99. The van der Waals surface area contributed by atoms with Crippen molar-refractivity contribution in [3.05, 3.63) is 65.7 Å². The summed E-state index contributed by atoms with van der Waals surface area (Å²) in [6.07, 6.45) is 1.53. The van der Waals surface area contributed by atoms with E-state index >= 15 is 0 Å². The largest absolute Gasteiger partial charge is 0.478 e. The van der Waals surface area contributed by atoms with E-state index in [9.17, 15) is 14.7 Å². The van der Waals surface area contributed by atoms with Crippen LogP contribution in [0.15, 0.2) is 54.6 Å². The summed E-state index contributed by atoms with van der Waals surface area (Å²) in [6.45, 7) is 4.54. The lowest BCUT2D eigenvalue weighted by Gasteiger charge is -2.32. The van der Waals surface area contributed by atoms with Crippen LogP contribution < -0.4 is 4.74 Å². The van der Waals surface area contributed by atoms with Crippen LogP contribution in [-0.2, 0) is 16.1 Å². The Morgan fingerprint density at radius 3 is 2.62 bits per heavy atom. The van der Waals surface area contributed by atoms with Crippen LogP contribution >= 0.6 is 0 Å². The standard InChI is InChI=1S/C23H27NO5/c1-23(2,21(25)26)29-20-12-6-10-18(14-20)19-11-7-13-24(15-19)22(27)28-16-17-8-4-3-5-9-17/h3-6,8-10,12,14,19H,7,11,13,15-16H2,1-2H3,(H,25,26)/t19-/m1/s1. The first-order chi connectivity index (χ1) is 13.8. The van der Waals surface area contributed by atoms with E-state index in [-0.39, 0.29) is 18.6 Å². The van der Waals surface area contributed by atoms with Crippen molar-refractivity contribution in [3.8, 4) is 5.75 Å². The van der Waals surface area contributed by atoms with E-state index in [4.69, 9.17) is 9.47 Å². The fourth-order valence-corrected chi connectivity index (χ4v) is 3.40. The van der Waals surface area contributed by atoms with Crippen LogP contribution in [0, 0.1) is 0 Å². The number of piperidine rings is 1. The molecular weight excluding hydrogens is 370 g/mol. The van der Waals surface area contributed by atoms with E-state index < -0.39 is 11.6 Å². The van der Waals surface area contributed by atoms with Gasteiger partial charge in [0.25, 0.3) is 0 Å². The number of carbonyl (C=O) groups is 2. The zero-order valence-corrected chi connectivity index (χ0v) is 16.8. The highest BCUT2D eigenvalue weighted by atomic mass is 16.6. The normalized spacial score (nSPS) is 16.9. The smallest absolute Gasteiger partial charge is 0.410 e. The number of benzene rings is 2.